The summed E-state index contributed by atoms with van der Waals surface area (Å²) in [7, 11) is -1.67. The first-order valence-corrected chi connectivity index (χ1v) is 17.0. The number of halogens is 1. The van der Waals surface area contributed by atoms with E-state index in [1.165, 1.54) is 16.7 Å². The third-order valence-corrected chi connectivity index (χ3v) is 9.26. The monoisotopic (exact) mass is 658 g/mol. The average molecular weight is 659 g/mol. The Kier molecular flexibility index (Phi) is 9.90. The van der Waals surface area contributed by atoms with Crippen LogP contribution in [0.5, 0.6) is 0 Å². The van der Waals surface area contributed by atoms with Crippen LogP contribution in [0.1, 0.15) is 79.0 Å². The summed E-state index contributed by atoms with van der Waals surface area (Å²) in [5, 5.41) is 21.4. The van der Waals surface area contributed by atoms with Crippen molar-refractivity contribution in [2.45, 2.75) is 78.6 Å². The van der Waals surface area contributed by atoms with Crippen LogP contribution in [0, 0.1) is 0 Å². The van der Waals surface area contributed by atoms with Crippen LogP contribution < -0.4 is 15.3 Å². The van der Waals surface area contributed by atoms with Crippen LogP contribution in [0.4, 0.5) is 34.1 Å². The van der Waals surface area contributed by atoms with E-state index in [0.29, 0.717) is 21.9 Å². The third-order valence-electron chi connectivity index (χ3n) is 8.87. The highest BCUT2D eigenvalue weighted by atomic mass is 35.5. The number of para-hydroxylation sites is 1. The van der Waals surface area contributed by atoms with Gasteiger partial charge in [-0.05, 0) is 87.5 Å². The summed E-state index contributed by atoms with van der Waals surface area (Å²) in [6.45, 7) is 19.9. The minimum Gasteiger partial charge on any atom is -0.423 e. The molecule has 0 atom stereocenters. The highest BCUT2D eigenvalue weighted by molar-refractivity contribution is 6.60. The molecule has 0 fully saturated rings. The lowest BCUT2D eigenvalue weighted by atomic mass is 9.78. The second-order valence-corrected chi connectivity index (χ2v) is 16.0. The van der Waals surface area contributed by atoms with E-state index < -0.39 is 7.12 Å². The molecule has 5 aromatic carbocycles. The van der Waals surface area contributed by atoms with Gasteiger partial charge < -0.3 is 19.8 Å². The SMILES string of the molecule is CC(C)(C)c1ccc(N(c2ccc(C(C)(C)C)cc2)c2cccc(N(c3ccc(C(C)(C)C)cc3)c3ccccc3B(O)O)c2Cl)cc1. The van der Waals surface area contributed by atoms with E-state index in [1.54, 1.807) is 12.1 Å². The van der Waals surface area contributed by atoms with Gasteiger partial charge in [-0.15, -0.1) is 0 Å². The number of hydrogen-bond acceptors (Lipinski definition) is 4. The smallest absolute Gasteiger partial charge is 0.423 e. The second-order valence-electron chi connectivity index (χ2n) is 15.6. The van der Waals surface area contributed by atoms with Crippen molar-refractivity contribution >= 4 is 58.3 Å². The van der Waals surface area contributed by atoms with E-state index in [0.717, 1.165) is 22.7 Å². The Bertz CT molecular complexity index is 1790. The molecule has 0 radical (unpaired) electrons. The van der Waals surface area contributed by atoms with Gasteiger partial charge in [-0.3, -0.25) is 0 Å². The van der Waals surface area contributed by atoms with E-state index in [1.807, 2.05) is 35.2 Å². The topological polar surface area (TPSA) is 46.9 Å². The predicted octanol–water partition coefficient (Wildman–Crippen LogP) is 10.9. The fourth-order valence-corrected chi connectivity index (χ4v) is 6.22. The Morgan fingerprint density at radius 1 is 0.438 bits per heavy atom. The lowest BCUT2D eigenvalue weighted by Gasteiger charge is -2.32. The zero-order valence-electron chi connectivity index (χ0n) is 29.7. The maximum absolute atomic E-state index is 10.5. The zero-order chi connectivity index (χ0) is 35.0. The van der Waals surface area contributed by atoms with Gasteiger partial charge in [-0.2, -0.15) is 0 Å². The number of nitrogens with zero attached hydrogens (tertiary/aromatic N) is 2. The van der Waals surface area contributed by atoms with Crippen molar-refractivity contribution < 1.29 is 10.0 Å². The fourth-order valence-electron chi connectivity index (χ4n) is 5.93. The summed E-state index contributed by atoms with van der Waals surface area (Å²) in [4.78, 5) is 4.20. The zero-order valence-corrected chi connectivity index (χ0v) is 30.5. The number of hydrogen-bond donors (Lipinski definition) is 2. The summed E-state index contributed by atoms with van der Waals surface area (Å²) < 4.78 is 0. The summed E-state index contributed by atoms with van der Waals surface area (Å²) in [6.07, 6.45) is 0. The molecule has 2 N–H and O–H groups in total. The molecule has 0 unspecified atom stereocenters. The normalized spacial score (nSPS) is 12.2. The molecule has 6 heteroatoms. The van der Waals surface area contributed by atoms with Gasteiger partial charge in [0.15, 0.2) is 0 Å². The van der Waals surface area contributed by atoms with Crippen molar-refractivity contribution in [1.82, 2.24) is 0 Å². The molecule has 248 valence electrons. The lowest BCUT2D eigenvalue weighted by molar-refractivity contribution is 0.426. The first kappa shape index (κ1) is 35.3. The van der Waals surface area contributed by atoms with Gasteiger partial charge in [0.25, 0.3) is 0 Å². The Hall–Kier alpha value is -4.03. The molecule has 0 aliphatic carbocycles. The van der Waals surface area contributed by atoms with Crippen molar-refractivity contribution in [3.8, 4) is 0 Å². The van der Waals surface area contributed by atoms with E-state index in [2.05, 4.69) is 140 Å². The van der Waals surface area contributed by atoms with Crippen LogP contribution in [0.25, 0.3) is 0 Å². The highest BCUT2D eigenvalue weighted by Gasteiger charge is 2.27. The van der Waals surface area contributed by atoms with Crippen LogP contribution in [0.2, 0.25) is 5.02 Å². The van der Waals surface area contributed by atoms with Crippen molar-refractivity contribution in [1.29, 1.82) is 0 Å². The number of anilines is 6. The maximum atomic E-state index is 10.5. The van der Waals surface area contributed by atoms with Gasteiger partial charge in [-0.1, -0.05) is 135 Å². The molecule has 0 saturated heterocycles. The molecular weight excluding hydrogens is 611 g/mol. The first-order chi connectivity index (χ1) is 22.5. The predicted molar refractivity (Wildman–Crippen MR) is 207 cm³/mol. The van der Waals surface area contributed by atoms with Gasteiger partial charge in [0.1, 0.15) is 0 Å². The molecule has 0 bridgehead atoms. The Morgan fingerprint density at radius 3 is 1.15 bits per heavy atom. The minimum atomic E-state index is -1.67. The van der Waals surface area contributed by atoms with Crippen molar-refractivity contribution in [3.63, 3.8) is 0 Å². The highest BCUT2D eigenvalue weighted by Crippen LogP contribution is 2.47. The molecule has 0 aliphatic rings. The molecule has 0 aliphatic heterocycles. The van der Waals surface area contributed by atoms with Crippen molar-refractivity contribution in [2.24, 2.45) is 0 Å². The number of rotatable bonds is 7. The van der Waals surface area contributed by atoms with E-state index in [-0.39, 0.29) is 16.2 Å². The standard InChI is InChI=1S/C42H48BClN2O2/c1-40(2,3)29-17-23-32(24-18-29)45(33-25-19-30(20-26-33)41(4,5)6)37-15-12-16-38(39(37)44)46(36-14-11-10-13-35(36)43(47)48)34-27-21-31(22-28-34)42(7,8)9/h10-28,47-48H,1-9H3. The van der Waals surface area contributed by atoms with Crippen LogP contribution >= 0.6 is 11.6 Å². The largest absolute Gasteiger partial charge is 0.490 e. The third kappa shape index (κ3) is 7.49. The van der Waals surface area contributed by atoms with Crippen LogP contribution in [0.15, 0.2) is 115 Å². The molecule has 5 rings (SSSR count). The molecule has 0 amide bonds. The molecule has 4 nitrogen and oxygen atoms in total. The van der Waals surface area contributed by atoms with Gasteiger partial charge in [0.2, 0.25) is 0 Å². The summed E-state index contributed by atoms with van der Waals surface area (Å²) in [6, 6.07) is 39.1. The first-order valence-electron chi connectivity index (χ1n) is 16.6. The molecule has 0 aromatic heterocycles. The van der Waals surface area contributed by atoms with Crippen LogP contribution in [-0.2, 0) is 16.2 Å². The van der Waals surface area contributed by atoms with E-state index in [9.17, 15) is 10.0 Å². The van der Waals surface area contributed by atoms with Crippen molar-refractivity contribution in [3.05, 3.63) is 137 Å². The molecule has 0 heterocycles. The van der Waals surface area contributed by atoms with Crippen LogP contribution in [-0.4, -0.2) is 17.2 Å². The van der Waals surface area contributed by atoms with E-state index >= 15 is 0 Å². The Balaban J connectivity index is 1.74. The quantitative estimate of drug-likeness (QED) is 0.171. The maximum Gasteiger partial charge on any atom is 0.490 e. The van der Waals surface area contributed by atoms with Gasteiger partial charge in [-0.25, -0.2) is 0 Å². The van der Waals surface area contributed by atoms with Gasteiger partial charge in [0, 0.05) is 28.2 Å². The van der Waals surface area contributed by atoms with Gasteiger partial charge in [0.05, 0.1) is 16.4 Å². The Labute approximate surface area is 292 Å². The molecule has 0 spiro atoms. The van der Waals surface area contributed by atoms with E-state index in [4.69, 9.17) is 11.6 Å². The van der Waals surface area contributed by atoms with Gasteiger partial charge >= 0.3 is 7.12 Å². The number of benzene rings is 5. The summed E-state index contributed by atoms with van der Waals surface area (Å²) in [5.41, 5.74) is 9.06. The lowest BCUT2D eigenvalue weighted by Crippen LogP contribution is -2.34. The Morgan fingerprint density at radius 2 is 0.771 bits per heavy atom. The van der Waals surface area contributed by atoms with Crippen LogP contribution in [0.3, 0.4) is 0 Å². The molecule has 5 aromatic rings. The molecule has 0 saturated carbocycles. The molecule has 48 heavy (non-hydrogen) atoms. The summed E-state index contributed by atoms with van der Waals surface area (Å²) in [5.74, 6) is 0. The minimum absolute atomic E-state index is 0.0168. The summed E-state index contributed by atoms with van der Waals surface area (Å²) >= 11 is 7.53. The van der Waals surface area contributed by atoms with Crippen molar-refractivity contribution in [2.75, 3.05) is 9.80 Å². The average Bonchev–Trinajstić information content (AvgIpc) is 3.02. The molecular formula is C42H48BClN2O2. The fraction of sp³-hybridized carbons (Fsp3) is 0.286. The second kappa shape index (κ2) is 13.5.